The second kappa shape index (κ2) is 5.29. The maximum absolute atomic E-state index is 12.6. The van der Waals surface area contributed by atoms with Gasteiger partial charge in [0.1, 0.15) is 5.65 Å². The standard InChI is InChI=1S/C15H18N4O2/c1-9-3-4-17-14-12(9)11(8-18-14)13(20)15(21)19-6-5-16-7-10(19)2/h3-4,8,10,16H,5-7H2,1-2H3,(H,17,18). The third kappa shape index (κ3) is 2.31. The first-order valence-corrected chi connectivity index (χ1v) is 7.08. The van der Waals surface area contributed by atoms with Crippen LogP contribution in [0.2, 0.25) is 0 Å². The number of H-pyrrole nitrogens is 1. The van der Waals surface area contributed by atoms with Crippen molar-refractivity contribution in [1.29, 1.82) is 0 Å². The van der Waals surface area contributed by atoms with Crippen molar-refractivity contribution in [2.24, 2.45) is 0 Å². The Hall–Kier alpha value is -2.21. The SMILES string of the molecule is Cc1ccnc2[nH]cc(C(=O)C(=O)N3CCNCC3C)c12. The molecule has 0 bridgehead atoms. The van der Waals surface area contributed by atoms with Crippen LogP contribution in [0.5, 0.6) is 0 Å². The van der Waals surface area contributed by atoms with Crippen LogP contribution in [-0.4, -0.2) is 52.2 Å². The van der Waals surface area contributed by atoms with Crippen molar-refractivity contribution in [1.82, 2.24) is 20.2 Å². The van der Waals surface area contributed by atoms with Crippen LogP contribution in [0.25, 0.3) is 11.0 Å². The molecule has 0 aliphatic carbocycles. The number of fused-ring (bicyclic) bond motifs is 1. The summed E-state index contributed by atoms with van der Waals surface area (Å²) in [6.07, 6.45) is 3.26. The number of ketones is 1. The normalized spacial score (nSPS) is 19.0. The van der Waals surface area contributed by atoms with Crippen LogP contribution < -0.4 is 5.32 Å². The van der Waals surface area contributed by atoms with Gasteiger partial charge in [-0.1, -0.05) is 0 Å². The smallest absolute Gasteiger partial charge is 0.295 e. The number of aromatic nitrogens is 2. The number of hydrogen-bond acceptors (Lipinski definition) is 4. The number of hydrogen-bond donors (Lipinski definition) is 2. The molecule has 0 radical (unpaired) electrons. The molecule has 1 atom stereocenters. The molecule has 1 amide bonds. The lowest BCUT2D eigenvalue weighted by molar-refractivity contribution is -0.129. The van der Waals surface area contributed by atoms with E-state index in [2.05, 4.69) is 15.3 Å². The van der Waals surface area contributed by atoms with Crippen molar-refractivity contribution >= 4 is 22.7 Å². The van der Waals surface area contributed by atoms with Gasteiger partial charge in [-0.25, -0.2) is 4.98 Å². The predicted molar refractivity (Wildman–Crippen MR) is 79.2 cm³/mol. The van der Waals surface area contributed by atoms with Crippen LogP contribution in [-0.2, 0) is 4.79 Å². The molecule has 1 aliphatic heterocycles. The topological polar surface area (TPSA) is 78.1 Å². The lowest BCUT2D eigenvalue weighted by Crippen LogP contribution is -2.54. The number of carbonyl (C=O) groups excluding carboxylic acids is 2. The van der Waals surface area contributed by atoms with Crippen molar-refractivity contribution in [2.75, 3.05) is 19.6 Å². The molecular formula is C15H18N4O2. The second-order valence-corrected chi connectivity index (χ2v) is 5.43. The Morgan fingerprint density at radius 3 is 3.00 bits per heavy atom. The summed E-state index contributed by atoms with van der Waals surface area (Å²) in [7, 11) is 0. The number of piperazine rings is 1. The van der Waals surface area contributed by atoms with Crippen LogP contribution in [0.1, 0.15) is 22.8 Å². The number of nitrogens with one attached hydrogen (secondary N) is 2. The number of aryl methyl sites for hydroxylation is 1. The summed E-state index contributed by atoms with van der Waals surface area (Å²) in [6.45, 7) is 5.85. The molecule has 2 N–H and O–H groups in total. The molecule has 3 heterocycles. The van der Waals surface area contributed by atoms with E-state index in [0.29, 0.717) is 24.3 Å². The molecule has 0 spiro atoms. The van der Waals surface area contributed by atoms with Gasteiger partial charge in [0.15, 0.2) is 0 Å². The van der Waals surface area contributed by atoms with E-state index in [1.54, 1.807) is 17.3 Å². The van der Waals surface area contributed by atoms with E-state index in [1.807, 2.05) is 19.9 Å². The van der Waals surface area contributed by atoms with Crippen LogP contribution in [0.4, 0.5) is 0 Å². The van der Waals surface area contributed by atoms with Gasteiger partial charge in [0.05, 0.1) is 5.56 Å². The first kappa shape index (κ1) is 13.8. The van der Waals surface area contributed by atoms with Crippen LogP contribution in [0.3, 0.4) is 0 Å². The Bertz CT molecular complexity index is 707. The maximum Gasteiger partial charge on any atom is 0.295 e. The molecule has 2 aromatic rings. The molecule has 0 saturated carbocycles. The fourth-order valence-corrected chi connectivity index (χ4v) is 2.79. The average molecular weight is 286 g/mol. The van der Waals surface area contributed by atoms with Crippen molar-refractivity contribution in [3.8, 4) is 0 Å². The third-order valence-electron chi connectivity index (χ3n) is 3.98. The molecule has 1 aliphatic rings. The van der Waals surface area contributed by atoms with Gasteiger partial charge in [0, 0.05) is 43.5 Å². The Morgan fingerprint density at radius 1 is 1.43 bits per heavy atom. The van der Waals surface area contributed by atoms with E-state index in [0.717, 1.165) is 17.5 Å². The molecule has 6 nitrogen and oxygen atoms in total. The van der Waals surface area contributed by atoms with Gasteiger partial charge >= 0.3 is 0 Å². The van der Waals surface area contributed by atoms with Gasteiger partial charge in [-0.2, -0.15) is 0 Å². The number of amides is 1. The molecule has 0 aromatic carbocycles. The van der Waals surface area contributed by atoms with Gasteiger partial charge in [-0.15, -0.1) is 0 Å². The molecular weight excluding hydrogens is 268 g/mol. The number of nitrogens with zero attached hydrogens (tertiary/aromatic N) is 2. The minimum Gasteiger partial charge on any atom is -0.345 e. The summed E-state index contributed by atoms with van der Waals surface area (Å²) < 4.78 is 0. The second-order valence-electron chi connectivity index (χ2n) is 5.43. The summed E-state index contributed by atoms with van der Waals surface area (Å²) in [5, 5.41) is 3.95. The fraction of sp³-hybridized carbons (Fsp3) is 0.400. The van der Waals surface area contributed by atoms with Gasteiger partial charge in [-0.05, 0) is 25.5 Å². The fourth-order valence-electron chi connectivity index (χ4n) is 2.79. The summed E-state index contributed by atoms with van der Waals surface area (Å²) in [5.74, 6) is -0.903. The average Bonchev–Trinajstić information content (AvgIpc) is 2.92. The number of pyridine rings is 1. The minimum atomic E-state index is -0.467. The van der Waals surface area contributed by atoms with E-state index in [-0.39, 0.29) is 6.04 Å². The Labute approximate surface area is 122 Å². The van der Waals surface area contributed by atoms with Crippen molar-refractivity contribution in [2.45, 2.75) is 19.9 Å². The summed E-state index contributed by atoms with van der Waals surface area (Å²) >= 11 is 0. The highest BCUT2D eigenvalue weighted by molar-refractivity contribution is 6.45. The minimum absolute atomic E-state index is 0.0274. The zero-order chi connectivity index (χ0) is 15.0. The van der Waals surface area contributed by atoms with E-state index < -0.39 is 11.7 Å². The van der Waals surface area contributed by atoms with E-state index in [1.165, 1.54) is 0 Å². The highest BCUT2D eigenvalue weighted by atomic mass is 16.2. The van der Waals surface area contributed by atoms with E-state index in [9.17, 15) is 9.59 Å². The van der Waals surface area contributed by atoms with Crippen LogP contribution in [0, 0.1) is 6.92 Å². The monoisotopic (exact) mass is 286 g/mol. The van der Waals surface area contributed by atoms with Crippen molar-refractivity contribution in [3.05, 3.63) is 29.6 Å². The van der Waals surface area contributed by atoms with Gasteiger partial charge in [-0.3, -0.25) is 9.59 Å². The Kier molecular flexibility index (Phi) is 3.47. The zero-order valence-electron chi connectivity index (χ0n) is 12.1. The molecule has 110 valence electrons. The largest absolute Gasteiger partial charge is 0.345 e. The molecule has 1 saturated heterocycles. The zero-order valence-corrected chi connectivity index (χ0v) is 12.1. The van der Waals surface area contributed by atoms with E-state index >= 15 is 0 Å². The quantitative estimate of drug-likeness (QED) is 0.634. The predicted octanol–water partition coefficient (Wildman–Crippen LogP) is 0.874. The Morgan fingerprint density at radius 2 is 2.24 bits per heavy atom. The van der Waals surface area contributed by atoms with Gasteiger partial charge in [0.25, 0.3) is 11.7 Å². The highest BCUT2D eigenvalue weighted by Gasteiger charge is 2.30. The first-order chi connectivity index (χ1) is 10.1. The summed E-state index contributed by atoms with van der Waals surface area (Å²) in [4.78, 5) is 33.8. The van der Waals surface area contributed by atoms with Crippen molar-refractivity contribution in [3.63, 3.8) is 0 Å². The molecule has 1 fully saturated rings. The van der Waals surface area contributed by atoms with Gasteiger partial charge < -0.3 is 15.2 Å². The summed E-state index contributed by atoms with van der Waals surface area (Å²) in [6, 6.07) is 1.87. The summed E-state index contributed by atoms with van der Waals surface area (Å²) in [5.41, 5.74) is 1.98. The molecule has 6 heteroatoms. The van der Waals surface area contributed by atoms with Crippen LogP contribution in [0.15, 0.2) is 18.5 Å². The molecule has 1 unspecified atom stereocenters. The number of Topliss-reactive ketones (excluding diaryl/α,β-unsaturated/α-hetero) is 1. The van der Waals surface area contributed by atoms with Gasteiger partial charge in [0.2, 0.25) is 0 Å². The number of carbonyl (C=O) groups is 2. The van der Waals surface area contributed by atoms with Crippen molar-refractivity contribution < 1.29 is 9.59 Å². The molecule has 21 heavy (non-hydrogen) atoms. The highest BCUT2D eigenvalue weighted by Crippen LogP contribution is 2.21. The number of rotatable bonds is 2. The maximum atomic E-state index is 12.6. The van der Waals surface area contributed by atoms with E-state index in [4.69, 9.17) is 0 Å². The van der Waals surface area contributed by atoms with Crippen LogP contribution >= 0.6 is 0 Å². The Balaban J connectivity index is 1.95. The third-order valence-corrected chi connectivity index (χ3v) is 3.98. The lowest BCUT2D eigenvalue weighted by atomic mass is 10.1. The number of aromatic amines is 1. The first-order valence-electron chi connectivity index (χ1n) is 7.08. The molecule has 3 rings (SSSR count). The lowest BCUT2D eigenvalue weighted by Gasteiger charge is -2.33. The molecule has 2 aromatic heterocycles.